The number of carbonyl (C=O) groups is 2. The lowest BCUT2D eigenvalue weighted by Crippen LogP contribution is -2.33. The van der Waals surface area contributed by atoms with Gasteiger partial charge in [-0.25, -0.2) is 24.9 Å². The molecule has 0 unspecified atom stereocenters. The predicted octanol–water partition coefficient (Wildman–Crippen LogP) is 14.0. The fourth-order valence-electron chi connectivity index (χ4n) is 7.96. The molecule has 1 aromatic carbocycles. The molecule has 0 bridgehead atoms. The van der Waals surface area contributed by atoms with E-state index in [4.69, 9.17) is 24.9 Å². The molecule has 338 valence electrons. The minimum absolute atomic E-state index is 0.0501. The summed E-state index contributed by atoms with van der Waals surface area (Å²) in [4.78, 5) is 57.0. The van der Waals surface area contributed by atoms with Crippen molar-refractivity contribution in [2.75, 3.05) is 26.2 Å². The van der Waals surface area contributed by atoms with Gasteiger partial charge in [0.1, 0.15) is 22.8 Å². The third kappa shape index (κ3) is 18.1. The van der Waals surface area contributed by atoms with Gasteiger partial charge in [-0.15, -0.1) is 0 Å². The SMILES string of the molecule is CCCCCCCCN(CCCCCCCC)C(=O)c1cccc(-c2nc(-c3ccccc3)nc(-c3cccc(C(=O)N(CCCCCCCC)CCCCCCCC)n3)n2)n1. The van der Waals surface area contributed by atoms with Crippen LogP contribution in [0, 0.1) is 0 Å². The molecule has 4 rings (SSSR count). The minimum Gasteiger partial charge on any atom is -0.337 e. The number of benzene rings is 1. The summed E-state index contributed by atoms with van der Waals surface area (Å²) in [5, 5.41) is 0. The van der Waals surface area contributed by atoms with Crippen molar-refractivity contribution in [3.63, 3.8) is 0 Å². The summed E-state index contributed by atoms with van der Waals surface area (Å²) < 4.78 is 0. The first-order valence-electron chi connectivity index (χ1n) is 24.8. The van der Waals surface area contributed by atoms with Crippen molar-refractivity contribution in [3.05, 3.63) is 78.1 Å². The molecule has 0 spiro atoms. The molecule has 0 N–H and O–H groups in total. The molecule has 0 aliphatic heterocycles. The summed E-state index contributed by atoms with van der Waals surface area (Å²) in [7, 11) is 0. The Balaban J connectivity index is 1.61. The molecule has 2 amide bonds. The molecule has 0 aliphatic rings. The van der Waals surface area contributed by atoms with E-state index in [1.807, 2.05) is 64.4 Å². The lowest BCUT2D eigenvalue weighted by atomic mass is 10.1. The van der Waals surface area contributed by atoms with Gasteiger partial charge in [0.15, 0.2) is 17.5 Å². The average Bonchev–Trinajstić information content (AvgIpc) is 3.31. The summed E-state index contributed by atoms with van der Waals surface area (Å²) in [6.45, 7) is 11.9. The number of nitrogens with zero attached hydrogens (tertiary/aromatic N) is 7. The zero-order valence-electron chi connectivity index (χ0n) is 39.1. The van der Waals surface area contributed by atoms with Gasteiger partial charge in [0.25, 0.3) is 11.8 Å². The van der Waals surface area contributed by atoms with Crippen LogP contribution in [0.3, 0.4) is 0 Å². The summed E-state index contributed by atoms with van der Waals surface area (Å²) >= 11 is 0. The van der Waals surface area contributed by atoms with Crippen molar-refractivity contribution >= 4 is 11.8 Å². The molecule has 4 aromatic rings. The van der Waals surface area contributed by atoms with Crippen molar-refractivity contribution < 1.29 is 9.59 Å². The van der Waals surface area contributed by atoms with Crippen LogP contribution in [0.4, 0.5) is 0 Å². The Morgan fingerprint density at radius 3 is 1.03 bits per heavy atom. The fraction of sp³-hybridized carbons (Fsp3) is 0.604. The Kier molecular flexibility index (Phi) is 24.7. The number of hydrogen-bond donors (Lipinski definition) is 0. The average molecular weight is 846 g/mol. The molecule has 0 atom stereocenters. The Labute approximate surface area is 375 Å². The van der Waals surface area contributed by atoms with Crippen molar-refractivity contribution in [2.45, 2.75) is 182 Å². The third-order valence-electron chi connectivity index (χ3n) is 11.8. The summed E-state index contributed by atoms with van der Waals surface area (Å²) in [6, 6.07) is 20.9. The molecule has 0 saturated carbocycles. The Morgan fingerprint density at radius 2 is 0.677 bits per heavy atom. The van der Waals surface area contributed by atoms with Gasteiger partial charge in [-0.1, -0.05) is 199 Å². The van der Waals surface area contributed by atoms with E-state index >= 15 is 0 Å². The van der Waals surface area contributed by atoms with Crippen molar-refractivity contribution in [1.82, 2.24) is 34.7 Å². The van der Waals surface area contributed by atoms with Crippen molar-refractivity contribution in [3.8, 4) is 34.4 Å². The molecule has 0 fully saturated rings. The Morgan fingerprint density at radius 1 is 0.355 bits per heavy atom. The van der Waals surface area contributed by atoms with Crippen LogP contribution in [0.5, 0.6) is 0 Å². The van der Waals surface area contributed by atoms with E-state index in [1.54, 1.807) is 12.1 Å². The van der Waals surface area contributed by atoms with E-state index in [2.05, 4.69) is 27.7 Å². The molecule has 9 heteroatoms. The van der Waals surface area contributed by atoms with Crippen LogP contribution in [-0.4, -0.2) is 72.7 Å². The van der Waals surface area contributed by atoms with Gasteiger partial charge in [0, 0.05) is 31.7 Å². The largest absolute Gasteiger partial charge is 0.337 e. The monoisotopic (exact) mass is 846 g/mol. The first-order valence-corrected chi connectivity index (χ1v) is 24.8. The molecular weight excluding hydrogens is 767 g/mol. The number of unbranched alkanes of at least 4 members (excludes halogenated alkanes) is 20. The summed E-state index contributed by atoms with van der Waals surface area (Å²) in [5.41, 5.74) is 2.59. The molecule has 0 radical (unpaired) electrons. The molecule has 3 heterocycles. The highest BCUT2D eigenvalue weighted by Crippen LogP contribution is 2.24. The fourth-order valence-corrected chi connectivity index (χ4v) is 7.96. The van der Waals surface area contributed by atoms with Crippen LogP contribution in [0.15, 0.2) is 66.7 Å². The molecule has 0 saturated heterocycles. The topological polar surface area (TPSA) is 105 Å². The molecule has 9 nitrogen and oxygen atoms in total. The van der Waals surface area contributed by atoms with Gasteiger partial charge >= 0.3 is 0 Å². The number of pyridine rings is 2. The van der Waals surface area contributed by atoms with Gasteiger partial charge < -0.3 is 9.80 Å². The zero-order valence-corrected chi connectivity index (χ0v) is 39.1. The van der Waals surface area contributed by atoms with E-state index in [9.17, 15) is 9.59 Å². The number of rotatable bonds is 33. The predicted molar refractivity (Wildman–Crippen MR) is 257 cm³/mol. The highest BCUT2D eigenvalue weighted by Gasteiger charge is 2.21. The van der Waals surface area contributed by atoms with Crippen LogP contribution >= 0.6 is 0 Å². The van der Waals surface area contributed by atoms with Crippen LogP contribution in [-0.2, 0) is 0 Å². The van der Waals surface area contributed by atoms with E-state index in [-0.39, 0.29) is 11.8 Å². The number of carbonyl (C=O) groups excluding carboxylic acids is 2. The second kappa shape index (κ2) is 30.5. The number of aromatic nitrogens is 5. The number of hydrogen-bond acceptors (Lipinski definition) is 7. The van der Waals surface area contributed by atoms with E-state index in [1.165, 1.54) is 103 Å². The highest BCUT2D eigenvalue weighted by molar-refractivity contribution is 5.93. The van der Waals surface area contributed by atoms with E-state index in [0.717, 1.165) is 83.1 Å². The second-order valence-electron chi connectivity index (χ2n) is 17.1. The standard InChI is InChI=1S/C53H79N7O2/c1-5-9-13-17-21-28-40-59(41-29-22-18-14-10-6-2)52(61)47-38-32-36-45(54-47)50-56-49(44-34-26-25-27-35-44)57-51(58-50)46-37-33-39-48(55-46)53(62)60(42-30-23-19-15-11-7-3)43-31-24-20-16-12-8-4/h25-27,32-39H,5-24,28-31,40-43H2,1-4H3. The second-order valence-corrected chi connectivity index (χ2v) is 17.1. The quantitative estimate of drug-likeness (QED) is 0.0440. The summed E-state index contributed by atoms with van der Waals surface area (Å²) in [5.74, 6) is 1.08. The molecule has 3 aromatic heterocycles. The maximum atomic E-state index is 14.2. The maximum absolute atomic E-state index is 14.2. The van der Waals surface area contributed by atoms with Crippen LogP contribution in [0.25, 0.3) is 34.4 Å². The van der Waals surface area contributed by atoms with Gasteiger partial charge in [-0.2, -0.15) is 0 Å². The van der Waals surface area contributed by atoms with Crippen molar-refractivity contribution in [1.29, 1.82) is 0 Å². The number of amides is 2. The van der Waals surface area contributed by atoms with Crippen LogP contribution in [0.2, 0.25) is 0 Å². The maximum Gasteiger partial charge on any atom is 0.272 e. The molecule has 0 aliphatic carbocycles. The van der Waals surface area contributed by atoms with Gasteiger partial charge in [-0.3, -0.25) is 9.59 Å². The zero-order chi connectivity index (χ0) is 44.0. The van der Waals surface area contributed by atoms with Crippen LogP contribution < -0.4 is 0 Å². The van der Waals surface area contributed by atoms with Gasteiger partial charge in [-0.05, 0) is 49.9 Å². The van der Waals surface area contributed by atoms with Crippen molar-refractivity contribution in [2.24, 2.45) is 0 Å². The smallest absolute Gasteiger partial charge is 0.272 e. The van der Waals surface area contributed by atoms with Gasteiger partial charge in [0.05, 0.1) is 0 Å². The van der Waals surface area contributed by atoms with Gasteiger partial charge in [0.2, 0.25) is 0 Å². The summed E-state index contributed by atoms with van der Waals surface area (Å²) in [6.07, 6.45) is 28.2. The lowest BCUT2D eigenvalue weighted by Gasteiger charge is -2.23. The first kappa shape index (κ1) is 50.1. The van der Waals surface area contributed by atoms with E-state index in [0.29, 0.717) is 40.2 Å². The first-order chi connectivity index (χ1) is 30.5. The Hall–Kier alpha value is -4.53. The third-order valence-corrected chi connectivity index (χ3v) is 11.8. The normalized spacial score (nSPS) is 11.2. The molecule has 62 heavy (non-hydrogen) atoms. The van der Waals surface area contributed by atoms with E-state index < -0.39 is 0 Å². The minimum atomic E-state index is -0.0501. The highest BCUT2D eigenvalue weighted by atomic mass is 16.2. The lowest BCUT2D eigenvalue weighted by molar-refractivity contribution is 0.0736. The molecular formula is C53H79N7O2. The van der Waals surface area contributed by atoms with Crippen LogP contribution in [0.1, 0.15) is 203 Å². The Bertz CT molecular complexity index is 1690.